The van der Waals surface area contributed by atoms with Gasteiger partial charge in [-0.05, 0) is 83.4 Å². The Kier molecular flexibility index (Phi) is 5.70. The van der Waals surface area contributed by atoms with Crippen molar-refractivity contribution in [1.82, 2.24) is 5.32 Å². The molecule has 0 radical (unpaired) electrons. The number of hydrogen-bond acceptors (Lipinski definition) is 1. The third kappa shape index (κ3) is 4.01. The molecule has 0 aliphatic rings. The molecule has 1 N–H and O–H groups in total. The fraction of sp³-hybridized carbons (Fsp3) is 0.294. The van der Waals surface area contributed by atoms with Crippen molar-refractivity contribution in [1.29, 1.82) is 0 Å². The van der Waals surface area contributed by atoms with Gasteiger partial charge in [0.25, 0.3) is 0 Å². The molecule has 0 heterocycles. The zero-order chi connectivity index (χ0) is 15.4. The van der Waals surface area contributed by atoms with Crippen LogP contribution in [0.25, 0.3) is 0 Å². The van der Waals surface area contributed by atoms with Gasteiger partial charge in [0.05, 0.1) is 6.04 Å². The summed E-state index contributed by atoms with van der Waals surface area (Å²) in [5.41, 5.74) is 2.93. The fourth-order valence-electron chi connectivity index (χ4n) is 2.37. The van der Waals surface area contributed by atoms with E-state index in [9.17, 15) is 8.78 Å². The molecule has 0 fully saturated rings. The van der Waals surface area contributed by atoms with Crippen LogP contribution in [0.1, 0.15) is 36.1 Å². The summed E-state index contributed by atoms with van der Waals surface area (Å²) in [5, 5.41) is 3.47. The number of aryl methyl sites for hydroxylation is 1. The minimum Gasteiger partial charge on any atom is -0.306 e. The van der Waals surface area contributed by atoms with Gasteiger partial charge in [-0.2, -0.15) is 0 Å². The van der Waals surface area contributed by atoms with Crippen LogP contribution in [-0.4, -0.2) is 6.54 Å². The summed E-state index contributed by atoms with van der Waals surface area (Å²) in [6.45, 7) is 4.83. The van der Waals surface area contributed by atoms with Crippen molar-refractivity contribution in [3.8, 4) is 0 Å². The third-order valence-corrected chi connectivity index (χ3v) is 4.35. The predicted octanol–water partition coefficient (Wildman–Crippen LogP) is 4.97. The van der Waals surface area contributed by atoms with Crippen LogP contribution in [0.15, 0.2) is 36.4 Å². The second kappa shape index (κ2) is 7.31. The summed E-state index contributed by atoms with van der Waals surface area (Å²) in [6, 6.07) is 9.54. The van der Waals surface area contributed by atoms with Crippen molar-refractivity contribution < 1.29 is 8.78 Å². The normalized spacial score (nSPS) is 12.4. The number of benzene rings is 2. The van der Waals surface area contributed by atoms with Gasteiger partial charge in [-0.15, -0.1) is 0 Å². The van der Waals surface area contributed by atoms with Crippen LogP contribution in [0.5, 0.6) is 0 Å². The molecule has 2 aromatic carbocycles. The number of halogens is 3. The zero-order valence-corrected chi connectivity index (χ0v) is 14.2. The predicted molar refractivity (Wildman–Crippen MR) is 90.4 cm³/mol. The number of nitrogens with one attached hydrogen (secondary N) is 1. The lowest BCUT2D eigenvalue weighted by Crippen LogP contribution is -2.24. The highest BCUT2D eigenvalue weighted by molar-refractivity contribution is 14.1. The molecule has 1 unspecified atom stereocenters. The second-order valence-electron chi connectivity index (χ2n) is 5.05. The molecule has 1 nitrogen and oxygen atoms in total. The van der Waals surface area contributed by atoms with Crippen LogP contribution in [0.2, 0.25) is 0 Å². The van der Waals surface area contributed by atoms with E-state index in [4.69, 9.17) is 0 Å². The van der Waals surface area contributed by atoms with Gasteiger partial charge in [0, 0.05) is 3.57 Å². The molecule has 4 heteroatoms. The maximum Gasteiger partial charge on any atom is 0.124 e. The van der Waals surface area contributed by atoms with Crippen molar-refractivity contribution in [3.05, 3.63) is 68.3 Å². The van der Waals surface area contributed by atoms with Crippen LogP contribution in [0.3, 0.4) is 0 Å². The van der Waals surface area contributed by atoms with Gasteiger partial charge >= 0.3 is 0 Å². The third-order valence-electron chi connectivity index (χ3n) is 3.41. The van der Waals surface area contributed by atoms with E-state index in [-0.39, 0.29) is 17.7 Å². The Bertz CT molecular complexity index is 577. The molecular formula is C17H18F2IN. The average Bonchev–Trinajstić information content (AvgIpc) is 2.42. The molecule has 0 bridgehead atoms. The molecule has 0 spiro atoms. The maximum absolute atomic E-state index is 13.3. The van der Waals surface area contributed by atoms with E-state index in [0.717, 1.165) is 33.2 Å². The SMILES string of the molecule is CCCNC(c1ccc(F)cc1C)c1ccc(F)cc1I. The lowest BCUT2D eigenvalue weighted by atomic mass is 9.94. The van der Waals surface area contributed by atoms with Crippen LogP contribution in [0, 0.1) is 22.1 Å². The van der Waals surface area contributed by atoms with Crippen molar-refractivity contribution in [3.63, 3.8) is 0 Å². The number of rotatable bonds is 5. The standard InChI is InChI=1S/C17H18F2IN/c1-3-8-21-17(14-6-4-12(18)9-11(14)2)15-7-5-13(19)10-16(15)20/h4-7,9-10,17,21H,3,8H2,1-2H3. The first kappa shape index (κ1) is 16.4. The van der Waals surface area contributed by atoms with Gasteiger partial charge in [0.2, 0.25) is 0 Å². The van der Waals surface area contributed by atoms with E-state index in [0.29, 0.717) is 0 Å². The Labute approximate surface area is 137 Å². The van der Waals surface area contributed by atoms with Gasteiger partial charge in [0.1, 0.15) is 11.6 Å². The summed E-state index contributed by atoms with van der Waals surface area (Å²) in [7, 11) is 0. The van der Waals surface area contributed by atoms with E-state index < -0.39 is 0 Å². The fourth-order valence-corrected chi connectivity index (χ4v) is 3.16. The topological polar surface area (TPSA) is 12.0 Å². The Morgan fingerprint density at radius 3 is 2.24 bits per heavy atom. The molecule has 0 aromatic heterocycles. The smallest absolute Gasteiger partial charge is 0.124 e. The maximum atomic E-state index is 13.3. The minimum absolute atomic E-state index is 0.0574. The van der Waals surface area contributed by atoms with Gasteiger partial charge in [0.15, 0.2) is 0 Å². The first-order valence-electron chi connectivity index (χ1n) is 6.97. The highest BCUT2D eigenvalue weighted by Gasteiger charge is 2.18. The molecule has 2 rings (SSSR count). The molecular weight excluding hydrogens is 383 g/mol. The quantitative estimate of drug-likeness (QED) is 0.698. The van der Waals surface area contributed by atoms with Crippen LogP contribution >= 0.6 is 22.6 Å². The Morgan fingerprint density at radius 1 is 1.05 bits per heavy atom. The Hall–Kier alpha value is -1.01. The summed E-state index contributed by atoms with van der Waals surface area (Å²) < 4.78 is 27.5. The van der Waals surface area contributed by atoms with E-state index in [2.05, 4.69) is 34.8 Å². The largest absolute Gasteiger partial charge is 0.306 e. The second-order valence-corrected chi connectivity index (χ2v) is 6.22. The summed E-state index contributed by atoms with van der Waals surface area (Å²) in [6.07, 6.45) is 0.995. The van der Waals surface area contributed by atoms with Gasteiger partial charge in [-0.25, -0.2) is 8.78 Å². The lowest BCUT2D eigenvalue weighted by molar-refractivity contribution is 0.584. The molecule has 112 valence electrons. The molecule has 21 heavy (non-hydrogen) atoms. The average molecular weight is 401 g/mol. The van der Waals surface area contributed by atoms with Gasteiger partial charge in [-0.3, -0.25) is 0 Å². The molecule has 0 aliphatic heterocycles. The number of hydrogen-bond donors (Lipinski definition) is 1. The first-order chi connectivity index (χ1) is 10.0. The molecule has 0 saturated heterocycles. The summed E-state index contributed by atoms with van der Waals surface area (Å²) in [5.74, 6) is -0.479. The van der Waals surface area contributed by atoms with E-state index in [1.807, 2.05) is 6.92 Å². The molecule has 0 amide bonds. The molecule has 0 aliphatic carbocycles. The van der Waals surface area contributed by atoms with Crippen LogP contribution in [-0.2, 0) is 0 Å². The van der Waals surface area contributed by atoms with Crippen LogP contribution in [0.4, 0.5) is 8.78 Å². The van der Waals surface area contributed by atoms with Crippen molar-refractivity contribution in [2.45, 2.75) is 26.3 Å². The van der Waals surface area contributed by atoms with Gasteiger partial charge < -0.3 is 5.32 Å². The highest BCUT2D eigenvalue weighted by Crippen LogP contribution is 2.29. The van der Waals surface area contributed by atoms with Crippen molar-refractivity contribution in [2.75, 3.05) is 6.54 Å². The molecule has 2 aromatic rings. The highest BCUT2D eigenvalue weighted by atomic mass is 127. The Balaban J connectivity index is 2.46. The summed E-state index contributed by atoms with van der Waals surface area (Å²) >= 11 is 2.14. The minimum atomic E-state index is -0.242. The van der Waals surface area contributed by atoms with E-state index in [1.165, 1.54) is 24.3 Å². The lowest BCUT2D eigenvalue weighted by Gasteiger charge is -2.23. The van der Waals surface area contributed by atoms with Crippen molar-refractivity contribution >= 4 is 22.6 Å². The molecule has 0 saturated carbocycles. The Morgan fingerprint density at radius 2 is 1.67 bits per heavy atom. The van der Waals surface area contributed by atoms with Gasteiger partial charge in [-0.1, -0.05) is 19.1 Å². The molecule has 1 atom stereocenters. The van der Waals surface area contributed by atoms with Crippen LogP contribution < -0.4 is 5.32 Å². The van der Waals surface area contributed by atoms with E-state index >= 15 is 0 Å². The zero-order valence-electron chi connectivity index (χ0n) is 12.1. The first-order valence-corrected chi connectivity index (χ1v) is 8.05. The van der Waals surface area contributed by atoms with E-state index in [1.54, 1.807) is 12.1 Å². The van der Waals surface area contributed by atoms with Crippen molar-refractivity contribution in [2.24, 2.45) is 0 Å². The monoisotopic (exact) mass is 401 g/mol. The summed E-state index contributed by atoms with van der Waals surface area (Å²) in [4.78, 5) is 0.